The number of halogens is 6. The minimum Gasteiger partial charge on any atom is -0.494 e. The quantitative estimate of drug-likeness (QED) is 0.283. The molecule has 2 aliphatic rings. The highest BCUT2D eigenvalue weighted by atomic mass is 19.4. The van der Waals surface area contributed by atoms with E-state index in [1.807, 2.05) is 0 Å². The normalized spacial score (nSPS) is 20.4. The number of nitrogens with one attached hydrogen (secondary N) is 2. The number of aromatic nitrogens is 6. The third-order valence-corrected chi connectivity index (χ3v) is 7.19. The lowest BCUT2D eigenvalue weighted by atomic mass is 9.77. The lowest BCUT2D eigenvalue weighted by molar-refractivity contribution is -0.201. The van der Waals surface area contributed by atoms with Crippen molar-refractivity contribution in [3.8, 4) is 5.75 Å². The Kier molecular flexibility index (Phi) is 7.31. The predicted octanol–water partition coefficient (Wildman–Crippen LogP) is 4.81. The van der Waals surface area contributed by atoms with E-state index in [2.05, 4.69) is 31.0 Å². The van der Waals surface area contributed by atoms with Gasteiger partial charge in [-0.15, -0.1) is 10.2 Å². The maximum Gasteiger partial charge on any atom is 0.416 e. The van der Waals surface area contributed by atoms with Gasteiger partial charge in [0, 0.05) is 25.6 Å². The van der Waals surface area contributed by atoms with Gasteiger partial charge in [0.25, 0.3) is 5.91 Å². The molecule has 1 aliphatic heterocycles. The molecule has 214 valence electrons. The van der Waals surface area contributed by atoms with Gasteiger partial charge in [0.2, 0.25) is 5.82 Å². The molecule has 2 N–H and O–H groups in total. The molecule has 1 atom stereocenters. The molecule has 5 rings (SSSR count). The predicted molar refractivity (Wildman–Crippen MR) is 128 cm³/mol. The number of alkyl halides is 6. The highest BCUT2D eigenvalue weighted by molar-refractivity contribution is 6.27. The van der Waals surface area contributed by atoms with E-state index in [0.717, 1.165) is 31.4 Å². The van der Waals surface area contributed by atoms with E-state index in [0.29, 0.717) is 12.5 Å². The Labute approximate surface area is 224 Å². The van der Waals surface area contributed by atoms with E-state index in [1.165, 1.54) is 12.1 Å². The van der Waals surface area contributed by atoms with Crippen molar-refractivity contribution in [3.05, 3.63) is 53.6 Å². The second kappa shape index (κ2) is 10.6. The number of hydrogen-bond donors (Lipinski definition) is 2. The first-order valence-electron chi connectivity index (χ1n) is 12.7. The van der Waals surface area contributed by atoms with Crippen LogP contribution in [0, 0.1) is 5.92 Å². The fourth-order valence-electron chi connectivity index (χ4n) is 4.89. The molecule has 1 aromatic carbocycles. The van der Waals surface area contributed by atoms with Crippen LogP contribution < -0.4 is 10.1 Å². The van der Waals surface area contributed by atoms with Crippen LogP contribution in [0.4, 0.5) is 26.3 Å². The summed E-state index contributed by atoms with van der Waals surface area (Å²) in [5.74, 6) is -0.680. The number of tetrazole rings is 1. The van der Waals surface area contributed by atoms with Gasteiger partial charge < -0.3 is 10.1 Å². The fraction of sp³-hybridized carbons (Fsp3) is 0.480. The Morgan fingerprint density at radius 2 is 1.82 bits per heavy atom. The van der Waals surface area contributed by atoms with Crippen LogP contribution in [0.2, 0.25) is 0 Å². The summed E-state index contributed by atoms with van der Waals surface area (Å²) >= 11 is 0. The van der Waals surface area contributed by atoms with E-state index in [4.69, 9.17) is 4.74 Å². The van der Waals surface area contributed by atoms with Gasteiger partial charge in [-0.3, -0.25) is 9.48 Å². The Morgan fingerprint density at radius 3 is 2.42 bits per heavy atom. The molecule has 3 heterocycles. The number of rotatable bonds is 9. The molecule has 40 heavy (non-hydrogen) atoms. The van der Waals surface area contributed by atoms with Crippen molar-refractivity contribution >= 4 is 17.1 Å². The average Bonchev–Trinajstić information content (AvgIpc) is 3.55. The topological polar surface area (TPSA) is 111 Å². The zero-order valence-corrected chi connectivity index (χ0v) is 21.0. The number of amides is 1. The van der Waals surface area contributed by atoms with Crippen LogP contribution in [0.5, 0.6) is 5.75 Å². The molecule has 1 aliphatic carbocycles. The number of nitrogens with zero attached hydrogens (tertiary/aromatic N) is 5. The molecule has 0 radical (unpaired) electrons. The van der Waals surface area contributed by atoms with Crippen LogP contribution in [-0.2, 0) is 16.9 Å². The van der Waals surface area contributed by atoms with Crippen LogP contribution in [0.3, 0.4) is 0 Å². The molecule has 2 aromatic heterocycles. The number of carbonyl (C=O) groups is 1. The maximum atomic E-state index is 14.9. The minimum absolute atomic E-state index is 0.00214. The number of benzene rings is 1. The highest BCUT2D eigenvalue weighted by Crippen LogP contribution is 2.49. The Hall–Kier alpha value is -3.91. The zero-order chi connectivity index (χ0) is 28.5. The van der Waals surface area contributed by atoms with Crippen LogP contribution in [-0.4, -0.2) is 55.3 Å². The molecule has 0 spiro atoms. The van der Waals surface area contributed by atoms with Gasteiger partial charge in [-0.25, -0.2) is 0 Å². The fourth-order valence-corrected chi connectivity index (χ4v) is 4.89. The molecule has 1 unspecified atom stereocenters. The van der Waals surface area contributed by atoms with Crippen molar-refractivity contribution in [2.45, 2.75) is 63.0 Å². The van der Waals surface area contributed by atoms with Gasteiger partial charge in [-0.2, -0.15) is 36.7 Å². The van der Waals surface area contributed by atoms with Crippen LogP contribution in [0.15, 0.2) is 36.5 Å². The Morgan fingerprint density at radius 1 is 1.07 bits per heavy atom. The molecular weight excluding hydrogens is 544 g/mol. The van der Waals surface area contributed by atoms with Crippen LogP contribution in [0.1, 0.15) is 55.6 Å². The number of aromatic amines is 1. The van der Waals surface area contributed by atoms with Crippen molar-refractivity contribution in [1.29, 1.82) is 0 Å². The molecular formula is C25H25F6N7O2. The van der Waals surface area contributed by atoms with Crippen LogP contribution >= 0.6 is 0 Å². The molecule has 0 saturated heterocycles. The molecule has 0 bridgehead atoms. The Bertz CT molecular complexity index is 1360. The zero-order valence-electron chi connectivity index (χ0n) is 21.0. The lowest BCUT2D eigenvalue weighted by Crippen LogP contribution is -2.58. The summed E-state index contributed by atoms with van der Waals surface area (Å²) in [6.45, 7) is 0.357. The summed E-state index contributed by atoms with van der Waals surface area (Å²) in [6.07, 6.45) is -6.43. The summed E-state index contributed by atoms with van der Waals surface area (Å²) in [5.41, 5.74) is -3.10. The van der Waals surface area contributed by atoms with Gasteiger partial charge in [-0.05, 0) is 59.7 Å². The molecule has 9 nitrogen and oxygen atoms in total. The summed E-state index contributed by atoms with van der Waals surface area (Å²) < 4.78 is 88.6. The highest BCUT2D eigenvalue weighted by Gasteiger charge is 2.60. The molecule has 3 aromatic rings. The first-order chi connectivity index (χ1) is 19.0. The molecule has 15 heteroatoms. The number of ether oxygens (including phenoxy) is 1. The Balaban J connectivity index is 1.47. The molecule has 1 saturated carbocycles. The number of carbonyl (C=O) groups excluding carboxylic acids is 1. The van der Waals surface area contributed by atoms with Crippen molar-refractivity contribution in [3.63, 3.8) is 0 Å². The van der Waals surface area contributed by atoms with E-state index < -0.39 is 36.6 Å². The van der Waals surface area contributed by atoms with Crippen molar-refractivity contribution in [1.82, 2.24) is 35.7 Å². The first kappa shape index (κ1) is 27.6. The van der Waals surface area contributed by atoms with Gasteiger partial charge in [0.1, 0.15) is 5.75 Å². The third kappa shape index (κ3) is 5.68. The minimum atomic E-state index is -4.94. The second-order valence-electron chi connectivity index (χ2n) is 9.93. The standard InChI is InChI=1S/C25H25F6N7O2/c26-24(27,28)10-2-12-40-17-7-5-16(6-8-17)23(25(29,30)31)13-18(20(22(39)32-23)21-33-36-37-34-21)19-9-11-38(35-19)14-15-3-1-4-15/h5-9,11,15H,1-4,10,12-14H2,(H,32,39)(H,33,34,36,37). The van der Waals surface area contributed by atoms with Crippen molar-refractivity contribution < 1.29 is 35.9 Å². The van der Waals surface area contributed by atoms with Gasteiger partial charge in [-0.1, -0.05) is 18.6 Å². The van der Waals surface area contributed by atoms with Crippen molar-refractivity contribution in [2.24, 2.45) is 5.92 Å². The van der Waals surface area contributed by atoms with E-state index in [-0.39, 0.29) is 47.0 Å². The summed E-state index contributed by atoms with van der Waals surface area (Å²) in [6, 6.07) is 6.30. The largest absolute Gasteiger partial charge is 0.494 e. The monoisotopic (exact) mass is 569 g/mol. The first-order valence-corrected chi connectivity index (χ1v) is 12.7. The summed E-state index contributed by atoms with van der Waals surface area (Å²) in [7, 11) is 0. The van der Waals surface area contributed by atoms with Crippen molar-refractivity contribution in [2.75, 3.05) is 6.61 Å². The molecule has 1 fully saturated rings. The van der Waals surface area contributed by atoms with Crippen LogP contribution in [0.25, 0.3) is 11.1 Å². The van der Waals surface area contributed by atoms with Gasteiger partial charge in [0.15, 0.2) is 5.54 Å². The van der Waals surface area contributed by atoms with E-state index in [9.17, 15) is 31.1 Å². The van der Waals surface area contributed by atoms with E-state index in [1.54, 1.807) is 16.9 Å². The lowest BCUT2D eigenvalue weighted by Gasteiger charge is -2.40. The third-order valence-electron chi connectivity index (χ3n) is 7.19. The SMILES string of the molecule is O=C1NC(c2ccc(OCCCC(F)(F)F)cc2)(C(F)(F)F)CC(c2ccn(CC3CCC3)n2)=C1c1nn[nH]n1. The van der Waals surface area contributed by atoms with E-state index >= 15 is 0 Å². The van der Waals surface area contributed by atoms with Gasteiger partial charge >= 0.3 is 12.4 Å². The smallest absolute Gasteiger partial charge is 0.416 e. The maximum absolute atomic E-state index is 14.9. The summed E-state index contributed by atoms with van der Waals surface area (Å²) in [5, 5.41) is 19.9. The van der Waals surface area contributed by atoms with Gasteiger partial charge in [0.05, 0.1) is 17.9 Å². The summed E-state index contributed by atoms with van der Waals surface area (Å²) in [4.78, 5) is 13.3. The average molecular weight is 570 g/mol. The second-order valence-corrected chi connectivity index (χ2v) is 9.93. The number of hydrogen-bond acceptors (Lipinski definition) is 6. The molecule has 1 amide bonds. The number of H-pyrrole nitrogens is 1.